The van der Waals surface area contributed by atoms with E-state index in [9.17, 15) is 18.0 Å². The molecule has 1 N–H and O–H groups in total. The normalized spacial score (nSPS) is 17.6. The summed E-state index contributed by atoms with van der Waals surface area (Å²) in [6.45, 7) is 2.74. The van der Waals surface area contributed by atoms with Crippen LogP contribution in [0.15, 0.2) is 42.6 Å². The lowest BCUT2D eigenvalue weighted by atomic mass is 9.99. The topological polar surface area (TPSA) is 45.2 Å². The number of rotatable bonds is 4. The number of alkyl halides is 3. The molecule has 4 nitrogen and oxygen atoms in total. The first-order valence-corrected chi connectivity index (χ1v) is 9.10. The zero-order valence-electron chi connectivity index (χ0n) is 15.1. The molecule has 2 heterocycles. The van der Waals surface area contributed by atoms with Crippen molar-refractivity contribution in [3.8, 4) is 0 Å². The van der Waals surface area contributed by atoms with E-state index in [-0.39, 0.29) is 23.3 Å². The molecule has 1 fully saturated rings. The van der Waals surface area contributed by atoms with Crippen molar-refractivity contribution in [1.82, 2.24) is 9.88 Å². The van der Waals surface area contributed by atoms with Gasteiger partial charge in [-0.1, -0.05) is 19.1 Å². The van der Waals surface area contributed by atoms with Crippen LogP contribution >= 0.6 is 0 Å². The van der Waals surface area contributed by atoms with Crippen LogP contribution in [-0.2, 0) is 6.18 Å². The lowest BCUT2D eigenvalue weighted by molar-refractivity contribution is -0.136. The molecule has 7 heteroatoms. The number of carbonyl (C=O) groups is 1. The molecule has 1 unspecified atom stereocenters. The van der Waals surface area contributed by atoms with Crippen LogP contribution in [0.5, 0.6) is 0 Å². The summed E-state index contributed by atoms with van der Waals surface area (Å²) in [7, 11) is 0. The Morgan fingerprint density at radius 2 is 2.04 bits per heavy atom. The average Bonchev–Trinajstić information content (AvgIpc) is 2.67. The first-order valence-electron chi connectivity index (χ1n) is 9.10. The molecule has 1 aliphatic heterocycles. The summed E-state index contributed by atoms with van der Waals surface area (Å²) in [4.78, 5) is 18.8. The van der Waals surface area contributed by atoms with Gasteiger partial charge in [-0.05, 0) is 49.9 Å². The Balaban J connectivity index is 1.83. The van der Waals surface area contributed by atoms with Crippen LogP contribution in [0.2, 0.25) is 0 Å². The summed E-state index contributed by atoms with van der Waals surface area (Å²) in [6.07, 6.45) is 0.889. The molecule has 0 radical (unpaired) electrons. The Morgan fingerprint density at radius 1 is 1.26 bits per heavy atom. The smallest absolute Gasteiger partial charge is 0.355 e. The van der Waals surface area contributed by atoms with Crippen molar-refractivity contribution < 1.29 is 18.0 Å². The van der Waals surface area contributed by atoms with Gasteiger partial charge in [0, 0.05) is 24.5 Å². The minimum atomic E-state index is -4.46. The van der Waals surface area contributed by atoms with Crippen molar-refractivity contribution in [2.45, 2.75) is 44.8 Å². The molecule has 0 spiro atoms. The van der Waals surface area contributed by atoms with Gasteiger partial charge in [-0.2, -0.15) is 13.2 Å². The number of anilines is 2. The number of hydrogen-bond donors (Lipinski definition) is 1. The number of hydrogen-bond acceptors (Lipinski definition) is 3. The molecule has 1 saturated heterocycles. The minimum absolute atomic E-state index is 0.0565. The van der Waals surface area contributed by atoms with Gasteiger partial charge in [-0.25, -0.2) is 0 Å². The number of carbonyl (C=O) groups excluding carboxylic acids is 1. The first-order chi connectivity index (χ1) is 12.9. The van der Waals surface area contributed by atoms with E-state index in [4.69, 9.17) is 0 Å². The summed E-state index contributed by atoms with van der Waals surface area (Å²) in [5, 5.41) is 2.77. The van der Waals surface area contributed by atoms with Crippen molar-refractivity contribution >= 4 is 17.3 Å². The van der Waals surface area contributed by atoms with Gasteiger partial charge in [0.2, 0.25) is 0 Å². The summed E-state index contributed by atoms with van der Waals surface area (Å²) in [5.74, 6) is -0.172. The second-order valence-electron chi connectivity index (χ2n) is 6.65. The highest BCUT2D eigenvalue weighted by molar-refractivity contribution is 5.93. The van der Waals surface area contributed by atoms with Crippen LogP contribution in [0.25, 0.3) is 0 Å². The third kappa shape index (κ3) is 4.40. The molecule has 0 bridgehead atoms. The lowest BCUT2D eigenvalue weighted by Crippen LogP contribution is -2.43. The third-order valence-corrected chi connectivity index (χ3v) is 4.85. The van der Waals surface area contributed by atoms with Gasteiger partial charge in [0.05, 0.1) is 11.3 Å². The number of nitrogens with one attached hydrogen (secondary N) is 1. The van der Waals surface area contributed by atoms with E-state index in [0.717, 1.165) is 31.7 Å². The van der Waals surface area contributed by atoms with Crippen molar-refractivity contribution in [2.24, 2.45) is 0 Å². The monoisotopic (exact) mass is 377 g/mol. The van der Waals surface area contributed by atoms with Crippen LogP contribution in [0, 0.1) is 0 Å². The van der Waals surface area contributed by atoms with E-state index in [1.807, 2.05) is 4.90 Å². The maximum Gasteiger partial charge on any atom is 0.418 e. The molecule has 1 aromatic carbocycles. The van der Waals surface area contributed by atoms with E-state index >= 15 is 0 Å². The molecule has 1 aliphatic rings. The molecule has 144 valence electrons. The van der Waals surface area contributed by atoms with E-state index in [1.165, 1.54) is 30.5 Å². The molecule has 1 amide bonds. The Bertz CT molecular complexity index is 807. The summed E-state index contributed by atoms with van der Waals surface area (Å²) in [5.41, 5.74) is -0.171. The summed E-state index contributed by atoms with van der Waals surface area (Å²) in [6, 6.07) is 8.52. The SMILES string of the molecule is CCC1CCCCN1C(=O)c1cc(Nc2ccccc2C(F)(F)F)ccn1. The zero-order valence-corrected chi connectivity index (χ0v) is 15.1. The number of benzene rings is 1. The van der Waals surface area contributed by atoms with Crippen LogP contribution < -0.4 is 5.32 Å². The molecule has 1 atom stereocenters. The van der Waals surface area contributed by atoms with Gasteiger partial charge >= 0.3 is 6.18 Å². The Labute approximate surface area is 156 Å². The van der Waals surface area contributed by atoms with Crippen molar-refractivity contribution in [2.75, 3.05) is 11.9 Å². The number of amides is 1. The zero-order chi connectivity index (χ0) is 19.4. The summed E-state index contributed by atoms with van der Waals surface area (Å²) < 4.78 is 39.5. The van der Waals surface area contributed by atoms with Crippen LogP contribution in [0.4, 0.5) is 24.5 Å². The van der Waals surface area contributed by atoms with E-state index in [1.54, 1.807) is 6.07 Å². The molecule has 3 rings (SSSR count). The standard InChI is InChI=1S/C20H22F3N3O/c1-2-15-7-5-6-12-26(15)19(27)18-13-14(10-11-24-18)25-17-9-4-3-8-16(17)20(21,22)23/h3-4,8-11,13,15H,2,5-7,12H2,1H3,(H,24,25). The van der Waals surface area contributed by atoms with E-state index < -0.39 is 11.7 Å². The number of nitrogens with zero attached hydrogens (tertiary/aromatic N) is 2. The minimum Gasteiger partial charge on any atom is -0.355 e. The average molecular weight is 377 g/mol. The fraction of sp³-hybridized carbons (Fsp3) is 0.400. The Kier molecular flexibility index (Phi) is 5.68. The second-order valence-corrected chi connectivity index (χ2v) is 6.65. The Hall–Kier alpha value is -2.57. The highest BCUT2D eigenvalue weighted by Crippen LogP contribution is 2.35. The molecule has 0 aliphatic carbocycles. The maximum absolute atomic E-state index is 13.2. The van der Waals surface area contributed by atoms with Gasteiger partial charge in [-0.3, -0.25) is 9.78 Å². The number of likely N-dealkylation sites (tertiary alicyclic amines) is 1. The first kappa shape index (κ1) is 19.2. The van der Waals surface area contributed by atoms with Gasteiger partial charge < -0.3 is 10.2 Å². The van der Waals surface area contributed by atoms with Crippen molar-refractivity contribution in [3.05, 3.63) is 53.9 Å². The molecule has 27 heavy (non-hydrogen) atoms. The largest absolute Gasteiger partial charge is 0.418 e. The van der Waals surface area contributed by atoms with Gasteiger partial charge in [0.1, 0.15) is 5.69 Å². The third-order valence-electron chi connectivity index (χ3n) is 4.85. The van der Waals surface area contributed by atoms with Gasteiger partial charge in [0.25, 0.3) is 5.91 Å². The highest BCUT2D eigenvalue weighted by atomic mass is 19.4. The fourth-order valence-corrected chi connectivity index (χ4v) is 3.46. The predicted molar refractivity (Wildman–Crippen MR) is 97.9 cm³/mol. The van der Waals surface area contributed by atoms with Gasteiger partial charge in [-0.15, -0.1) is 0 Å². The van der Waals surface area contributed by atoms with Crippen LogP contribution in [-0.4, -0.2) is 28.4 Å². The van der Waals surface area contributed by atoms with Crippen molar-refractivity contribution in [3.63, 3.8) is 0 Å². The van der Waals surface area contributed by atoms with Crippen LogP contribution in [0.3, 0.4) is 0 Å². The number of para-hydroxylation sites is 1. The van der Waals surface area contributed by atoms with E-state index in [2.05, 4.69) is 17.2 Å². The summed E-state index contributed by atoms with van der Waals surface area (Å²) >= 11 is 0. The Morgan fingerprint density at radius 3 is 2.78 bits per heavy atom. The molecule has 0 saturated carbocycles. The molecule has 2 aromatic rings. The second kappa shape index (κ2) is 7.98. The molecular weight excluding hydrogens is 355 g/mol. The quantitative estimate of drug-likeness (QED) is 0.792. The highest BCUT2D eigenvalue weighted by Gasteiger charge is 2.33. The van der Waals surface area contributed by atoms with Gasteiger partial charge in [0.15, 0.2) is 0 Å². The number of piperidine rings is 1. The molecule has 1 aromatic heterocycles. The van der Waals surface area contributed by atoms with E-state index in [0.29, 0.717) is 12.2 Å². The molecular formula is C20H22F3N3O. The number of halogens is 3. The van der Waals surface area contributed by atoms with Crippen molar-refractivity contribution in [1.29, 1.82) is 0 Å². The lowest BCUT2D eigenvalue weighted by Gasteiger charge is -2.35. The number of pyridine rings is 1. The number of aromatic nitrogens is 1. The fourth-order valence-electron chi connectivity index (χ4n) is 3.46. The predicted octanol–water partition coefficient (Wildman–Crippen LogP) is 5.25. The maximum atomic E-state index is 13.2. The van der Waals surface area contributed by atoms with Crippen LogP contribution in [0.1, 0.15) is 48.7 Å².